The minimum Gasteiger partial charge on any atom is -0.454 e. The fraction of sp³-hybridized carbons (Fsp3) is 0.217. The number of carbonyl (C=O) groups is 1. The van der Waals surface area contributed by atoms with Crippen LogP contribution < -0.4 is 19.7 Å². The largest absolute Gasteiger partial charge is 0.454 e. The van der Waals surface area contributed by atoms with E-state index in [1.54, 1.807) is 6.20 Å². The quantitative estimate of drug-likeness (QED) is 0.744. The number of anilines is 1. The van der Waals surface area contributed by atoms with Gasteiger partial charge in [-0.25, -0.2) is 4.98 Å². The molecule has 1 aromatic heterocycles. The van der Waals surface area contributed by atoms with E-state index in [2.05, 4.69) is 39.5 Å². The topological polar surface area (TPSA) is 63.7 Å². The van der Waals surface area contributed by atoms with Gasteiger partial charge in [0.25, 0.3) is 5.91 Å². The first-order valence-electron chi connectivity index (χ1n) is 9.71. The molecule has 1 amide bonds. The zero-order valence-corrected chi connectivity index (χ0v) is 15.9. The number of ether oxygens (including phenoxy) is 2. The molecule has 3 aromatic rings. The summed E-state index contributed by atoms with van der Waals surface area (Å²) in [7, 11) is 0. The average Bonchev–Trinajstić information content (AvgIpc) is 3.25. The molecule has 29 heavy (non-hydrogen) atoms. The van der Waals surface area contributed by atoms with Gasteiger partial charge in [-0.1, -0.05) is 30.3 Å². The zero-order chi connectivity index (χ0) is 19.6. The van der Waals surface area contributed by atoms with E-state index in [1.165, 1.54) is 11.1 Å². The van der Waals surface area contributed by atoms with Crippen molar-refractivity contribution in [1.82, 2.24) is 10.3 Å². The highest BCUT2D eigenvalue weighted by atomic mass is 16.7. The number of nitrogens with one attached hydrogen (secondary N) is 1. The molecular weight excluding hydrogens is 366 g/mol. The van der Waals surface area contributed by atoms with E-state index >= 15 is 0 Å². The Kier molecular flexibility index (Phi) is 4.52. The lowest BCUT2D eigenvalue weighted by atomic mass is 10.00. The van der Waals surface area contributed by atoms with Crippen molar-refractivity contribution in [3.8, 4) is 11.5 Å². The molecule has 2 aliphatic rings. The van der Waals surface area contributed by atoms with Gasteiger partial charge in [-0.05, 0) is 47.4 Å². The first kappa shape index (κ1) is 17.6. The van der Waals surface area contributed by atoms with Crippen LogP contribution in [0.1, 0.15) is 27.0 Å². The fourth-order valence-electron chi connectivity index (χ4n) is 3.73. The smallest absolute Gasteiger partial charge is 0.253 e. The van der Waals surface area contributed by atoms with Crippen LogP contribution in [0.3, 0.4) is 0 Å². The molecule has 0 aliphatic carbocycles. The second kappa shape index (κ2) is 7.47. The molecule has 2 aromatic carbocycles. The van der Waals surface area contributed by atoms with Crippen molar-refractivity contribution in [2.75, 3.05) is 18.2 Å². The Morgan fingerprint density at radius 2 is 1.90 bits per heavy atom. The highest BCUT2D eigenvalue weighted by Crippen LogP contribution is 2.32. The lowest BCUT2D eigenvalue weighted by Crippen LogP contribution is -2.31. The van der Waals surface area contributed by atoms with Crippen LogP contribution in [0.5, 0.6) is 11.5 Å². The molecule has 0 saturated carbocycles. The van der Waals surface area contributed by atoms with Gasteiger partial charge in [-0.2, -0.15) is 0 Å². The zero-order valence-electron chi connectivity index (χ0n) is 15.9. The second-order valence-corrected chi connectivity index (χ2v) is 7.22. The molecule has 0 radical (unpaired) electrons. The molecule has 146 valence electrons. The van der Waals surface area contributed by atoms with Crippen molar-refractivity contribution >= 4 is 11.7 Å². The number of pyridine rings is 1. The number of hydrogen-bond donors (Lipinski definition) is 1. The summed E-state index contributed by atoms with van der Waals surface area (Å²) < 4.78 is 10.7. The summed E-state index contributed by atoms with van der Waals surface area (Å²) in [6.45, 7) is 2.43. The normalized spacial score (nSPS) is 14.4. The van der Waals surface area contributed by atoms with Crippen LogP contribution in [0.4, 0.5) is 5.82 Å². The van der Waals surface area contributed by atoms with Gasteiger partial charge in [0.2, 0.25) is 6.79 Å². The Bertz CT molecular complexity index is 1050. The first-order valence-corrected chi connectivity index (χ1v) is 9.71. The maximum atomic E-state index is 12.5. The summed E-state index contributed by atoms with van der Waals surface area (Å²) >= 11 is 0. The van der Waals surface area contributed by atoms with E-state index in [0.717, 1.165) is 36.6 Å². The van der Waals surface area contributed by atoms with Gasteiger partial charge < -0.3 is 19.7 Å². The molecule has 5 rings (SSSR count). The van der Waals surface area contributed by atoms with Crippen molar-refractivity contribution < 1.29 is 14.3 Å². The predicted molar refractivity (Wildman–Crippen MR) is 109 cm³/mol. The lowest BCUT2D eigenvalue weighted by molar-refractivity contribution is 0.0950. The number of rotatable bonds is 4. The standard InChI is InChI=1S/C23H21N3O3/c27-23(25-12-16-5-7-20-21(11-16)29-15-28-20)18-6-8-22(24-13-18)26-10-9-17-3-1-2-4-19(17)14-26/h1-8,11,13H,9-10,12,14-15H2,(H,25,27). The summed E-state index contributed by atoms with van der Waals surface area (Å²) in [6, 6.07) is 17.9. The van der Waals surface area contributed by atoms with Gasteiger partial charge in [0.1, 0.15) is 5.82 Å². The van der Waals surface area contributed by atoms with Crippen molar-refractivity contribution in [3.63, 3.8) is 0 Å². The second-order valence-electron chi connectivity index (χ2n) is 7.22. The third-order valence-corrected chi connectivity index (χ3v) is 5.35. The van der Waals surface area contributed by atoms with Crippen molar-refractivity contribution in [1.29, 1.82) is 0 Å². The van der Waals surface area contributed by atoms with Crippen LogP contribution in [-0.4, -0.2) is 24.2 Å². The SMILES string of the molecule is O=C(NCc1ccc2c(c1)OCO2)c1ccc(N2CCc3ccccc3C2)nc1. The molecule has 0 unspecified atom stereocenters. The average molecular weight is 387 g/mol. The van der Waals surface area contributed by atoms with E-state index in [-0.39, 0.29) is 12.7 Å². The third-order valence-electron chi connectivity index (χ3n) is 5.35. The Morgan fingerprint density at radius 3 is 2.76 bits per heavy atom. The molecule has 3 heterocycles. The molecule has 0 saturated heterocycles. The molecular formula is C23H21N3O3. The van der Waals surface area contributed by atoms with Gasteiger partial charge >= 0.3 is 0 Å². The highest BCUT2D eigenvalue weighted by Gasteiger charge is 2.18. The van der Waals surface area contributed by atoms with E-state index in [9.17, 15) is 4.79 Å². The maximum absolute atomic E-state index is 12.5. The van der Waals surface area contributed by atoms with Crippen LogP contribution in [-0.2, 0) is 19.5 Å². The minimum absolute atomic E-state index is 0.147. The number of nitrogens with zero attached hydrogens (tertiary/aromatic N) is 2. The Morgan fingerprint density at radius 1 is 1.03 bits per heavy atom. The third kappa shape index (κ3) is 3.61. The first-order chi connectivity index (χ1) is 14.3. The number of aromatic nitrogens is 1. The Balaban J connectivity index is 1.22. The van der Waals surface area contributed by atoms with Crippen LogP contribution in [0.25, 0.3) is 0 Å². The van der Waals surface area contributed by atoms with Crippen LogP contribution in [0, 0.1) is 0 Å². The summed E-state index contributed by atoms with van der Waals surface area (Å²) in [5.74, 6) is 2.20. The van der Waals surface area contributed by atoms with Crippen molar-refractivity contribution in [3.05, 3.63) is 83.0 Å². The van der Waals surface area contributed by atoms with Crippen LogP contribution >= 0.6 is 0 Å². The molecule has 0 atom stereocenters. The lowest BCUT2D eigenvalue weighted by Gasteiger charge is -2.29. The van der Waals surface area contributed by atoms with E-state index < -0.39 is 0 Å². The Labute approximate surface area is 169 Å². The Hall–Kier alpha value is -3.54. The predicted octanol–water partition coefficient (Wildman–Crippen LogP) is 3.30. The van der Waals surface area contributed by atoms with Crippen molar-refractivity contribution in [2.24, 2.45) is 0 Å². The molecule has 2 aliphatic heterocycles. The van der Waals surface area contributed by atoms with Gasteiger partial charge in [-0.15, -0.1) is 0 Å². The van der Waals surface area contributed by atoms with E-state index in [1.807, 2.05) is 30.3 Å². The summed E-state index contributed by atoms with van der Waals surface area (Å²) in [5.41, 5.74) is 4.25. The van der Waals surface area contributed by atoms with Gasteiger partial charge in [0, 0.05) is 25.8 Å². The van der Waals surface area contributed by atoms with E-state index in [4.69, 9.17) is 9.47 Å². The molecule has 6 nitrogen and oxygen atoms in total. The minimum atomic E-state index is -0.147. The van der Waals surface area contributed by atoms with Gasteiger partial charge in [0.15, 0.2) is 11.5 Å². The molecule has 0 fully saturated rings. The summed E-state index contributed by atoms with van der Waals surface area (Å²) in [6.07, 6.45) is 2.65. The fourth-order valence-corrected chi connectivity index (χ4v) is 3.73. The van der Waals surface area contributed by atoms with E-state index in [0.29, 0.717) is 17.9 Å². The monoisotopic (exact) mass is 387 g/mol. The van der Waals surface area contributed by atoms with Crippen molar-refractivity contribution in [2.45, 2.75) is 19.5 Å². The van der Waals surface area contributed by atoms with Gasteiger partial charge in [0.05, 0.1) is 5.56 Å². The maximum Gasteiger partial charge on any atom is 0.253 e. The molecule has 6 heteroatoms. The summed E-state index contributed by atoms with van der Waals surface area (Å²) in [5, 5.41) is 2.93. The number of benzene rings is 2. The molecule has 1 N–H and O–H groups in total. The van der Waals surface area contributed by atoms with Crippen LogP contribution in [0.15, 0.2) is 60.8 Å². The number of carbonyl (C=O) groups excluding carboxylic acids is 1. The van der Waals surface area contributed by atoms with Crippen LogP contribution in [0.2, 0.25) is 0 Å². The molecule has 0 spiro atoms. The number of fused-ring (bicyclic) bond motifs is 2. The number of amides is 1. The van der Waals surface area contributed by atoms with Gasteiger partial charge in [-0.3, -0.25) is 4.79 Å². The molecule has 0 bridgehead atoms. The summed E-state index contributed by atoms with van der Waals surface area (Å²) in [4.78, 5) is 19.3. The number of hydrogen-bond acceptors (Lipinski definition) is 5. The highest BCUT2D eigenvalue weighted by molar-refractivity contribution is 5.94.